The molecule has 1 saturated heterocycles. The van der Waals surface area contributed by atoms with Crippen LogP contribution in [0.3, 0.4) is 0 Å². The highest BCUT2D eigenvalue weighted by Gasteiger charge is 2.54. The molecule has 2 aliphatic rings. The molecular formula is C16H26O3. The number of fused-ring (bicyclic) bond motifs is 1. The van der Waals surface area contributed by atoms with Crippen LogP contribution in [0.4, 0.5) is 0 Å². The van der Waals surface area contributed by atoms with E-state index >= 15 is 0 Å². The summed E-state index contributed by atoms with van der Waals surface area (Å²) >= 11 is 0. The van der Waals surface area contributed by atoms with E-state index in [1.807, 2.05) is 0 Å². The second-order valence-corrected chi connectivity index (χ2v) is 8.37. The van der Waals surface area contributed by atoms with Crippen LogP contribution < -0.4 is 0 Å². The summed E-state index contributed by atoms with van der Waals surface area (Å²) in [6.07, 6.45) is 1.58. The molecule has 3 nitrogen and oxygen atoms in total. The van der Waals surface area contributed by atoms with Gasteiger partial charge in [0.05, 0.1) is 11.8 Å². The van der Waals surface area contributed by atoms with Gasteiger partial charge < -0.3 is 4.74 Å². The van der Waals surface area contributed by atoms with E-state index in [0.717, 1.165) is 12.8 Å². The molecule has 4 unspecified atom stereocenters. The lowest BCUT2D eigenvalue weighted by atomic mass is 9.55. The molecule has 2 fully saturated rings. The van der Waals surface area contributed by atoms with Crippen LogP contribution in [0.15, 0.2) is 0 Å². The van der Waals surface area contributed by atoms with Gasteiger partial charge in [0.1, 0.15) is 0 Å². The van der Waals surface area contributed by atoms with Crippen molar-refractivity contribution in [3.05, 3.63) is 0 Å². The Morgan fingerprint density at radius 3 is 1.37 bits per heavy atom. The lowest BCUT2D eigenvalue weighted by molar-refractivity contribution is -0.153. The number of hydrogen-bond donors (Lipinski definition) is 0. The second-order valence-electron chi connectivity index (χ2n) is 8.37. The molecule has 108 valence electrons. The predicted octanol–water partition coefficient (Wildman–Crippen LogP) is 3.42. The van der Waals surface area contributed by atoms with E-state index in [4.69, 9.17) is 4.74 Å². The number of hydrogen-bond acceptors (Lipinski definition) is 3. The minimum Gasteiger partial charge on any atom is -0.393 e. The van der Waals surface area contributed by atoms with E-state index in [9.17, 15) is 9.59 Å². The van der Waals surface area contributed by atoms with Crippen LogP contribution in [0.25, 0.3) is 0 Å². The van der Waals surface area contributed by atoms with Gasteiger partial charge in [-0.25, -0.2) is 0 Å². The quantitative estimate of drug-likeness (QED) is 0.498. The maximum absolute atomic E-state index is 11.8. The van der Waals surface area contributed by atoms with Gasteiger partial charge in [-0.3, -0.25) is 9.59 Å². The first-order valence-electron chi connectivity index (χ1n) is 7.27. The number of cyclic esters (lactones) is 2. The smallest absolute Gasteiger partial charge is 0.317 e. The van der Waals surface area contributed by atoms with E-state index in [1.165, 1.54) is 0 Å². The zero-order valence-electron chi connectivity index (χ0n) is 12.9. The standard InChI is InChI=1S/C16H26O3/c1-15(2,3)11-7-9-10(14(18)19-13(9)17)8-12(11)16(4,5)6/h9-12H,7-8H2,1-6H3. The number of ether oxygens (including phenoxy) is 1. The van der Waals surface area contributed by atoms with Crippen molar-refractivity contribution in [1.29, 1.82) is 0 Å². The van der Waals surface area contributed by atoms with Gasteiger partial charge in [-0.1, -0.05) is 41.5 Å². The molecule has 1 aliphatic carbocycles. The Hall–Kier alpha value is -0.860. The van der Waals surface area contributed by atoms with E-state index in [-0.39, 0.29) is 34.6 Å². The van der Waals surface area contributed by atoms with Crippen LogP contribution in [-0.2, 0) is 14.3 Å². The largest absolute Gasteiger partial charge is 0.393 e. The molecule has 19 heavy (non-hydrogen) atoms. The Morgan fingerprint density at radius 2 is 1.11 bits per heavy atom. The average molecular weight is 266 g/mol. The van der Waals surface area contributed by atoms with Crippen LogP contribution in [0.5, 0.6) is 0 Å². The SMILES string of the molecule is CC(C)(C)C1CC2C(=O)OC(=O)C2CC1C(C)(C)C. The van der Waals surface area contributed by atoms with Crippen LogP contribution in [0.1, 0.15) is 54.4 Å². The van der Waals surface area contributed by atoms with Crippen molar-refractivity contribution in [1.82, 2.24) is 0 Å². The van der Waals surface area contributed by atoms with Crippen LogP contribution in [0.2, 0.25) is 0 Å². The predicted molar refractivity (Wildman–Crippen MR) is 73.2 cm³/mol. The minimum absolute atomic E-state index is 0.148. The molecule has 0 bridgehead atoms. The number of carbonyl (C=O) groups is 2. The van der Waals surface area contributed by atoms with E-state index < -0.39 is 0 Å². The summed E-state index contributed by atoms with van der Waals surface area (Å²) in [6.45, 7) is 13.4. The molecule has 0 aromatic heterocycles. The van der Waals surface area contributed by atoms with Crippen molar-refractivity contribution in [3.8, 4) is 0 Å². The molecular weight excluding hydrogens is 240 g/mol. The third-order valence-corrected chi connectivity index (χ3v) is 5.02. The zero-order valence-corrected chi connectivity index (χ0v) is 12.9. The molecule has 2 rings (SSSR count). The van der Waals surface area contributed by atoms with E-state index in [1.54, 1.807) is 0 Å². The molecule has 0 N–H and O–H groups in total. The summed E-state index contributed by atoms with van der Waals surface area (Å²) in [5.74, 6) is -0.0849. The molecule has 1 heterocycles. The van der Waals surface area contributed by atoms with Crippen LogP contribution in [0, 0.1) is 34.5 Å². The van der Waals surface area contributed by atoms with Crippen molar-refractivity contribution in [2.45, 2.75) is 54.4 Å². The van der Waals surface area contributed by atoms with Gasteiger partial charge in [-0.15, -0.1) is 0 Å². The summed E-state index contributed by atoms with van der Waals surface area (Å²) in [4.78, 5) is 23.6. The molecule has 0 aromatic carbocycles. The van der Waals surface area contributed by atoms with Gasteiger partial charge in [0.15, 0.2) is 0 Å². The Labute approximate surface area is 116 Å². The van der Waals surface area contributed by atoms with Crippen LogP contribution >= 0.6 is 0 Å². The average Bonchev–Trinajstić information content (AvgIpc) is 2.50. The highest BCUT2D eigenvalue weighted by atomic mass is 16.6. The molecule has 0 spiro atoms. The molecule has 1 saturated carbocycles. The first-order chi connectivity index (χ1) is 8.51. The molecule has 0 aromatic rings. The van der Waals surface area contributed by atoms with Crippen molar-refractivity contribution in [2.75, 3.05) is 0 Å². The lowest BCUT2D eigenvalue weighted by Crippen LogP contribution is -2.44. The Balaban J connectivity index is 2.33. The maximum Gasteiger partial charge on any atom is 0.317 e. The van der Waals surface area contributed by atoms with Gasteiger partial charge in [-0.05, 0) is 35.5 Å². The number of carbonyl (C=O) groups excluding carboxylic acids is 2. The minimum atomic E-state index is -0.295. The third kappa shape index (κ3) is 2.56. The Kier molecular flexibility index (Phi) is 3.31. The molecule has 3 heteroatoms. The summed E-state index contributed by atoms with van der Waals surface area (Å²) in [6, 6.07) is 0. The fourth-order valence-electron chi connectivity index (χ4n) is 3.89. The van der Waals surface area contributed by atoms with Crippen LogP contribution in [-0.4, -0.2) is 11.9 Å². The molecule has 0 amide bonds. The summed E-state index contributed by atoms with van der Waals surface area (Å²) in [5.41, 5.74) is 0.295. The highest BCUT2D eigenvalue weighted by molar-refractivity contribution is 5.96. The summed E-state index contributed by atoms with van der Waals surface area (Å²) < 4.78 is 4.85. The highest BCUT2D eigenvalue weighted by Crippen LogP contribution is 2.54. The first-order valence-corrected chi connectivity index (χ1v) is 7.27. The fourth-order valence-corrected chi connectivity index (χ4v) is 3.89. The second kappa shape index (κ2) is 4.32. The number of esters is 2. The normalized spacial score (nSPS) is 36.1. The Bertz CT molecular complexity index is 359. The van der Waals surface area contributed by atoms with Gasteiger partial charge in [0.2, 0.25) is 0 Å². The van der Waals surface area contributed by atoms with E-state index in [2.05, 4.69) is 41.5 Å². The topological polar surface area (TPSA) is 43.4 Å². The van der Waals surface area contributed by atoms with Crippen molar-refractivity contribution < 1.29 is 14.3 Å². The molecule has 4 atom stereocenters. The third-order valence-electron chi connectivity index (χ3n) is 5.02. The zero-order chi connectivity index (χ0) is 14.6. The Morgan fingerprint density at radius 1 is 0.789 bits per heavy atom. The summed E-state index contributed by atoms with van der Waals surface area (Å²) in [5, 5.41) is 0. The van der Waals surface area contributed by atoms with Gasteiger partial charge in [0, 0.05) is 0 Å². The van der Waals surface area contributed by atoms with Crippen molar-refractivity contribution >= 4 is 11.9 Å². The molecule has 0 radical (unpaired) electrons. The fraction of sp³-hybridized carbons (Fsp3) is 0.875. The lowest BCUT2D eigenvalue weighted by Gasteiger charge is -2.48. The van der Waals surface area contributed by atoms with Crippen molar-refractivity contribution in [3.63, 3.8) is 0 Å². The van der Waals surface area contributed by atoms with Crippen molar-refractivity contribution in [2.24, 2.45) is 34.5 Å². The number of rotatable bonds is 0. The van der Waals surface area contributed by atoms with E-state index in [0.29, 0.717) is 11.8 Å². The molecule has 1 aliphatic heterocycles. The van der Waals surface area contributed by atoms with Gasteiger partial charge >= 0.3 is 11.9 Å². The summed E-state index contributed by atoms with van der Waals surface area (Å²) in [7, 11) is 0. The maximum atomic E-state index is 11.8. The first kappa shape index (κ1) is 14.5. The van der Waals surface area contributed by atoms with Gasteiger partial charge in [0.25, 0.3) is 0 Å². The van der Waals surface area contributed by atoms with Gasteiger partial charge in [-0.2, -0.15) is 0 Å². The monoisotopic (exact) mass is 266 g/mol.